The van der Waals surface area contributed by atoms with Gasteiger partial charge in [0, 0.05) is 11.8 Å². The van der Waals surface area contributed by atoms with Gasteiger partial charge in [-0.15, -0.1) is 0 Å². The van der Waals surface area contributed by atoms with Crippen molar-refractivity contribution in [1.82, 2.24) is 4.98 Å². The monoisotopic (exact) mass is 176 g/mol. The van der Waals surface area contributed by atoms with E-state index in [1.807, 2.05) is 11.4 Å². The third kappa shape index (κ3) is 1.19. The number of nitrogens with two attached hydrogens (primary N) is 1. The average molecular weight is 176 g/mol. The van der Waals surface area contributed by atoms with E-state index in [0.29, 0.717) is 0 Å². The maximum Gasteiger partial charge on any atom is 0.0580 e. The summed E-state index contributed by atoms with van der Waals surface area (Å²) in [5.74, 6) is 0. The summed E-state index contributed by atoms with van der Waals surface area (Å²) in [5, 5.41) is 4.11. The van der Waals surface area contributed by atoms with E-state index in [1.165, 1.54) is 5.56 Å². The largest absolute Gasteiger partial charge is 0.397 e. The predicted molar refractivity (Wildman–Crippen MR) is 52.0 cm³/mol. The molecule has 60 valence electrons. The lowest BCUT2D eigenvalue weighted by Crippen LogP contribution is -1.89. The molecule has 0 fully saturated rings. The van der Waals surface area contributed by atoms with Crippen LogP contribution in [0, 0.1) is 0 Å². The highest BCUT2D eigenvalue weighted by molar-refractivity contribution is 7.08. The van der Waals surface area contributed by atoms with E-state index in [0.717, 1.165) is 11.3 Å². The van der Waals surface area contributed by atoms with Crippen molar-refractivity contribution in [3.05, 3.63) is 35.3 Å². The first-order chi connectivity index (χ1) is 5.88. The molecule has 0 unspecified atom stereocenters. The van der Waals surface area contributed by atoms with Crippen molar-refractivity contribution in [2.75, 3.05) is 5.73 Å². The fourth-order valence-corrected chi connectivity index (χ4v) is 1.74. The topological polar surface area (TPSA) is 38.9 Å². The fourth-order valence-electron chi connectivity index (χ4n) is 1.09. The van der Waals surface area contributed by atoms with Crippen LogP contribution in [0.25, 0.3) is 11.1 Å². The molecule has 2 aromatic rings. The van der Waals surface area contributed by atoms with Crippen molar-refractivity contribution in [3.8, 4) is 11.1 Å². The molecule has 3 heteroatoms. The summed E-state index contributed by atoms with van der Waals surface area (Å²) in [6.45, 7) is 0. The second-order valence-electron chi connectivity index (χ2n) is 2.47. The zero-order valence-electron chi connectivity index (χ0n) is 6.40. The molecule has 0 radical (unpaired) electrons. The van der Waals surface area contributed by atoms with Gasteiger partial charge < -0.3 is 5.73 Å². The van der Waals surface area contributed by atoms with Gasteiger partial charge in [0.1, 0.15) is 0 Å². The molecule has 2 heterocycles. The number of rotatable bonds is 1. The lowest BCUT2D eigenvalue weighted by atomic mass is 10.1. The zero-order valence-corrected chi connectivity index (χ0v) is 7.21. The molecule has 0 aliphatic carbocycles. The summed E-state index contributed by atoms with van der Waals surface area (Å²) < 4.78 is 0. The number of nitrogen functional groups attached to an aromatic ring is 1. The van der Waals surface area contributed by atoms with Crippen LogP contribution in [-0.4, -0.2) is 4.98 Å². The molecule has 2 nitrogen and oxygen atoms in total. The highest BCUT2D eigenvalue weighted by atomic mass is 32.1. The van der Waals surface area contributed by atoms with Crippen LogP contribution in [0.3, 0.4) is 0 Å². The van der Waals surface area contributed by atoms with Gasteiger partial charge in [0.05, 0.1) is 11.9 Å². The van der Waals surface area contributed by atoms with Crippen LogP contribution < -0.4 is 5.73 Å². The Kier molecular flexibility index (Phi) is 1.80. The van der Waals surface area contributed by atoms with Crippen LogP contribution in [0.1, 0.15) is 0 Å². The molecular formula is C9H8N2S. The van der Waals surface area contributed by atoms with Gasteiger partial charge in [0.15, 0.2) is 0 Å². The first-order valence-electron chi connectivity index (χ1n) is 3.60. The maximum absolute atomic E-state index is 5.75. The third-order valence-corrected chi connectivity index (χ3v) is 2.37. The molecule has 2 N–H and O–H groups in total. The van der Waals surface area contributed by atoms with Crippen molar-refractivity contribution < 1.29 is 0 Å². The number of hydrogen-bond donors (Lipinski definition) is 1. The van der Waals surface area contributed by atoms with E-state index in [1.54, 1.807) is 23.7 Å². The van der Waals surface area contributed by atoms with Crippen LogP contribution in [0.2, 0.25) is 0 Å². The third-order valence-electron chi connectivity index (χ3n) is 1.68. The molecule has 0 aliphatic rings. The molecule has 2 rings (SSSR count). The Morgan fingerprint density at radius 2 is 2.25 bits per heavy atom. The summed E-state index contributed by atoms with van der Waals surface area (Å²) >= 11 is 1.67. The van der Waals surface area contributed by atoms with Crippen molar-refractivity contribution >= 4 is 17.0 Å². The minimum Gasteiger partial charge on any atom is -0.397 e. The Bertz CT molecular complexity index is 368. The van der Waals surface area contributed by atoms with E-state index < -0.39 is 0 Å². The SMILES string of the molecule is Nc1cnccc1-c1ccsc1. The zero-order chi connectivity index (χ0) is 8.39. The number of pyridine rings is 1. The molecule has 2 aromatic heterocycles. The number of anilines is 1. The van der Waals surface area contributed by atoms with Crippen LogP contribution in [0.5, 0.6) is 0 Å². The van der Waals surface area contributed by atoms with E-state index in [2.05, 4.69) is 16.4 Å². The van der Waals surface area contributed by atoms with Crippen molar-refractivity contribution in [2.45, 2.75) is 0 Å². The molecular weight excluding hydrogens is 168 g/mol. The minimum absolute atomic E-state index is 0.732. The second-order valence-corrected chi connectivity index (χ2v) is 3.25. The second kappa shape index (κ2) is 2.95. The number of thiophene rings is 1. The summed E-state index contributed by atoms with van der Waals surface area (Å²) in [5.41, 5.74) is 8.71. The lowest BCUT2D eigenvalue weighted by Gasteiger charge is -2.00. The molecule has 0 saturated heterocycles. The molecule has 0 saturated carbocycles. The van der Waals surface area contributed by atoms with E-state index in [-0.39, 0.29) is 0 Å². The van der Waals surface area contributed by atoms with Crippen LogP contribution in [0.4, 0.5) is 5.69 Å². The number of nitrogens with zero attached hydrogens (tertiary/aromatic N) is 1. The van der Waals surface area contributed by atoms with Gasteiger partial charge >= 0.3 is 0 Å². The molecule has 0 amide bonds. The minimum atomic E-state index is 0.732. The van der Waals surface area contributed by atoms with Crippen LogP contribution >= 0.6 is 11.3 Å². The van der Waals surface area contributed by atoms with E-state index >= 15 is 0 Å². The summed E-state index contributed by atoms with van der Waals surface area (Å²) in [7, 11) is 0. The van der Waals surface area contributed by atoms with Crippen molar-refractivity contribution in [3.63, 3.8) is 0 Å². The van der Waals surface area contributed by atoms with Gasteiger partial charge in [-0.25, -0.2) is 0 Å². The first kappa shape index (κ1) is 7.31. The van der Waals surface area contributed by atoms with Crippen molar-refractivity contribution in [1.29, 1.82) is 0 Å². The van der Waals surface area contributed by atoms with Crippen LogP contribution in [0.15, 0.2) is 35.3 Å². The first-order valence-corrected chi connectivity index (χ1v) is 4.54. The van der Waals surface area contributed by atoms with E-state index in [9.17, 15) is 0 Å². The van der Waals surface area contributed by atoms with Crippen molar-refractivity contribution in [2.24, 2.45) is 0 Å². The highest BCUT2D eigenvalue weighted by Crippen LogP contribution is 2.26. The van der Waals surface area contributed by atoms with Crippen LogP contribution in [-0.2, 0) is 0 Å². The van der Waals surface area contributed by atoms with Gasteiger partial charge in [-0.2, -0.15) is 11.3 Å². The van der Waals surface area contributed by atoms with Gasteiger partial charge in [0.25, 0.3) is 0 Å². The molecule has 0 aromatic carbocycles. The molecule has 12 heavy (non-hydrogen) atoms. The summed E-state index contributed by atoms with van der Waals surface area (Å²) in [6, 6.07) is 3.98. The summed E-state index contributed by atoms with van der Waals surface area (Å²) in [4.78, 5) is 3.93. The fraction of sp³-hybridized carbons (Fsp3) is 0. The molecule has 0 aliphatic heterocycles. The quantitative estimate of drug-likeness (QED) is 0.724. The molecule has 0 atom stereocenters. The Morgan fingerprint density at radius 1 is 1.33 bits per heavy atom. The number of aromatic nitrogens is 1. The normalized spacial score (nSPS) is 10.0. The standard InChI is InChI=1S/C9H8N2S/c10-9-5-11-3-1-8(9)7-2-4-12-6-7/h1-6H,10H2. The predicted octanol–water partition coefficient (Wildman–Crippen LogP) is 2.39. The molecule has 0 bridgehead atoms. The van der Waals surface area contributed by atoms with Gasteiger partial charge in [0.2, 0.25) is 0 Å². The summed E-state index contributed by atoms with van der Waals surface area (Å²) in [6.07, 6.45) is 3.43. The van der Waals surface area contributed by atoms with Gasteiger partial charge in [-0.3, -0.25) is 4.98 Å². The Labute approximate surface area is 74.7 Å². The van der Waals surface area contributed by atoms with Gasteiger partial charge in [-0.05, 0) is 28.5 Å². The Hall–Kier alpha value is -1.35. The Morgan fingerprint density at radius 3 is 2.92 bits per heavy atom. The smallest absolute Gasteiger partial charge is 0.0580 e. The Balaban J connectivity index is 2.55. The lowest BCUT2D eigenvalue weighted by molar-refractivity contribution is 1.33. The van der Waals surface area contributed by atoms with E-state index in [4.69, 9.17) is 5.73 Å². The average Bonchev–Trinajstić information content (AvgIpc) is 2.57. The van der Waals surface area contributed by atoms with Gasteiger partial charge in [-0.1, -0.05) is 0 Å². The molecule has 0 spiro atoms. The number of hydrogen-bond acceptors (Lipinski definition) is 3. The highest BCUT2D eigenvalue weighted by Gasteiger charge is 2.00. The maximum atomic E-state index is 5.75.